The molecule has 2 aromatic carbocycles. The maximum Gasteiger partial charge on any atom is 0.310 e. The molecule has 0 radical (unpaired) electrons. The second-order valence-electron chi connectivity index (χ2n) is 5.69. The van der Waals surface area contributed by atoms with Crippen LogP contribution in [-0.2, 0) is 4.79 Å². The molecule has 1 aromatic heterocycles. The van der Waals surface area contributed by atoms with Crippen molar-refractivity contribution < 1.29 is 23.7 Å². The average Bonchev–Trinajstić information content (AvgIpc) is 3.23. The van der Waals surface area contributed by atoms with Crippen LogP contribution in [-0.4, -0.2) is 23.3 Å². The van der Waals surface area contributed by atoms with E-state index >= 15 is 0 Å². The molecule has 148 valence electrons. The van der Waals surface area contributed by atoms with E-state index in [0.29, 0.717) is 11.4 Å². The number of para-hydroxylation sites is 2. The first-order valence-corrected chi connectivity index (χ1v) is 8.62. The lowest BCUT2D eigenvalue weighted by molar-refractivity contribution is -0.385. The van der Waals surface area contributed by atoms with Crippen LogP contribution >= 0.6 is 11.6 Å². The van der Waals surface area contributed by atoms with Crippen LogP contribution in [0.25, 0.3) is 0 Å². The highest BCUT2D eigenvalue weighted by molar-refractivity contribution is 6.34. The molecular weight excluding hydrogens is 402 g/mol. The number of carbonyl (C=O) groups is 2. The van der Waals surface area contributed by atoms with Crippen molar-refractivity contribution in [3.63, 3.8) is 0 Å². The van der Waals surface area contributed by atoms with E-state index in [1.165, 1.54) is 48.7 Å². The Morgan fingerprint density at radius 2 is 1.90 bits per heavy atom. The fraction of sp³-hybridized carbons (Fsp3) is 0.0526. The number of nitrogens with one attached hydrogen (secondary N) is 2. The van der Waals surface area contributed by atoms with Gasteiger partial charge in [0.15, 0.2) is 18.1 Å². The maximum absolute atomic E-state index is 12.1. The summed E-state index contributed by atoms with van der Waals surface area (Å²) in [6, 6.07) is 13.3. The summed E-state index contributed by atoms with van der Waals surface area (Å²) in [4.78, 5) is 34.4. The molecule has 0 fully saturated rings. The van der Waals surface area contributed by atoms with Gasteiger partial charge in [-0.2, -0.15) is 0 Å². The van der Waals surface area contributed by atoms with Crippen molar-refractivity contribution in [1.82, 2.24) is 0 Å². The van der Waals surface area contributed by atoms with Crippen molar-refractivity contribution in [2.75, 3.05) is 17.2 Å². The van der Waals surface area contributed by atoms with Gasteiger partial charge in [-0.1, -0.05) is 23.7 Å². The van der Waals surface area contributed by atoms with E-state index in [-0.39, 0.29) is 22.2 Å². The molecule has 0 aliphatic carbocycles. The number of halogens is 1. The number of nitro groups is 1. The Morgan fingerprint density at radius 3 is 2.59 bits per heavy atom. The van der Waals surface area contributed by atoms with E-state index in [1.807, 2.05) is 0 Å². The smallest absolute Gasteiger partial charge is 0.310 e. The van der Waals surface area contributed by atoms with Crippen molar-refractivity contribution >= 4 is 40.5 Å². The fourth-order valence-electron chi connectivity index (χ4n) is 2.36. The molecule has 0 aliphatic rings. The fourth-order valence-corrected chi connectivity index (χ4v) is 2.58. The Morgan fingerprint density at radius 1 is 1.10 bits per heavy atom. The number of nitrogens with zero attached hydrogens (tertiary/aromatic N) is 1. The number of hydrogen-bond acceptors (Lipinski definition) is 6. The summed E-state index contributed by atoms with van der Waals surface area (Å²) < 4.78 is 10.2. The van der Waals surface area contributed by atoms with Gasteiger partial charge in [-0.25, -0.2) is 0 Å². The normalized spacial score (nSPS) is 10.2. The molecule has 0 spiro atoms. The van der Waals surface area contributed by atoms with Crippen LogP contribution in [0.1, 0.15) is 10.6 Å². The molecule has 0 aliphatic heterocycles. The second-order valence-corrected chi connectivity index (χ2v) is 6.09. The van der Waals surface area contributed by atoms with Crippen LogP contribution in [0.2, 0.25) is 5.02 Å². The van der Waals surface area contributed by atoms with Crippen molar-refractivity contribution in [1.29, 1.82) is 0 Å². The lowest BCUT2D eigenvalue weighted by Gasteiger charge is -2.10. The molecule has 3 aromatic rings. The number of hydrogen-bond donors (Lipinski definition) is 2. The number of rotatable bonds is 7. The summed E-state index contributed by atoms with van der Waals surface area (Å²) in [5.74, 6) is -0.884. The number of carbonyl (C=O) groups excluding carboxylic acids is 2. The number of anilines is 2. The Balaban J connectivity index is 1.59. The van der Waals surface area contributed by atoms with Crippen molar-refractivity contribution in [3.05, 3.63) is 81.8 Å². The standard InChI is InChI=1S/C19H14ClN3O6/c20-13-10-12(7-8-14(13)22-19(25)17-6-3-9-28-17)21-18(24)11-29-16-5-2-1-4-15(16)23(26)27/h1-10H,11H2,(H,21,24)(H,22,25). The van der Waals surface area contributed by atoms with E-state index in [4.69, 9.17) is 20.8 Å². The summed E-state index contributed by atoms with van der Waals surface area (Å²) in [7, 11) is 0. The first kappa shape index (κ1) is 19.9. The Hall–Kier alpha value is -3.85. The van der Waals surface area contributed by atoms with Crippen LogP contribution in [0.4, 0.5) is 17.1 Å². The van der Waals surface area contributed by atoms with E-state index in [2.05, 4.69) is 10.6 Å². The molecule has 9 nitrogen and oxygen atoms in total. The van der Waals surface area contributed by atoms with Gasteiger partial charge in [0, 0.05) is 11.8 Å². The minimum atomic E-state index is -0.594. The lowest BCUT2D eigenvalue weighted by atomic mass is 10.2. The van der Waals surface area contributed by atoms with Gasteiger partial charge in [-0.3, -0.25) is 19.7 Å². The van der Waals surface area contributed by atoms with E-state index < -0.39 is 23.3 Å². The van der Waals surface area contributed by atoms with Crippen LogP contribution in [0.5, 0.6) is 5.75 Å². The van der Waals surface area contributed by atoms with Gasteiger partial charge in [0.1, 0.15) is 0 Å². The molecule has 2 amide bonds. The third-order valence-electron chi connectivity index (χ3n) is 3.67. The first-order chi connectivity index (χ1) is 13.9. The average molecular weight is 416 g/mol. The number of nitro benzene ring substituents is 1. The van der Waals surface area contributed by atoms with Crippen LogP contribution in [0.15, 0.2) is 65.3 Å². The Bertz CT molecular complexity index is 1050. The summed E-state index contributed by atoms with van der Waals surface area (Å²) in [6.07, 6.45) is 1.38. The number of furan rings is 1. The zero-order valence-corrected chi connectivity index (χ0v) is 15.5. The summed E-state index contributed by atoms with van der Waals surface area (Å²) in [6.45, 7) is -0.431. The topological polar surface area (TPSA) is 124 Å². The summed E-state index contributed by atoms with van der Waals surface area (Å²) in [5.41, 5.74) is 0.462. The summed E-state index contributed by atoms with van der Waals surface area (Å²) in [5, 5.41) is 16.3. The van der Waals surface area contributed by atoms with Crippen molar-refractivity contribution in [2.24, 2.45) is 0 Å². The Kier molecular flexibility index (Phi) is 6.10. The highest BCUT2D eigenvalue weighted by atomic mass is 35.5. The zero-order chi connectivity index (χ0) is 20.8. The van der Waals surface area contributed by atoms with Crippen LogP contribution < -0.4 is 15.4 Å². The highest BCUT2D eigenvalue weighted by Crippen LogP contribution is 2.27. The number of ether oxygens (including phenoxy) is 1. The van der Waals surface area contributed by atoms with Gasteiger partial charge in [-0.15, -0.1) is 0 Å². The van der Waals surface area contributed by atoms with Gasteiger partial charge in [0.25, 0.3) is 11.8 Å². The van der Waals surface area contributed by atoms with Gasteiger partial charge >= 0.3 is 5.69 Å². The summed E-state index contributed by atoms with van der Waals surface area (Å²) >= 11 is 6.14. The minimum Gasteiger partial charge on any atom is -0.477 e. The van der Waals surface area contributed by atoms with E-state index in [1.54, 1.807) is 12.1 Å². The van der Waals surface area contributed by atoms with E-state index in [0.717, 1.165) is 0 Å². The maximum atomic E-state index is 12.1. The lowest BCUT2D eigenvalue weighted by Crippen LogP contribution is -2.20. The van der Waals surface area contributed by atoms with E-state index in [9.17, 15) is 19.7 Å². The SMILES string of the molecule is O=C(COc1ccccc1[N+](=O)[O-])Nc1ccc(NC(=O)c2ccco2)c(Cl)c1. The molecular formula is C19H14ClN3O6. The monoisotopic (exact) mass is 415 g/mol. The minimum absolute atomic E-state index is 0.0123. The third-order valence-corrected chi connectivity index (χ3v) is 3.98. The first-order valence-electron chi connectivity index (χ1n) is 8.24. The van der Waals surface area contributed by atoms with Gasteiger partial charge in [0.2, 0.25) is 0 Å². The zero-order valence-electron chi connectivity index (χ0n) is 14.8. The molecule has 0 bridgehead atoms. The van der Waals surface area contributed by atoms with Crippen molar-refractivity contribution in [3.8, 4) is 5.75 Å². The molecule has 0 atom stereocenters. The molecule has 0 saturated carbocycles. The molecule has 10 heteroatoms. The molecule has 0 unspecified atom stereocenters. The largest absolute Gasteiger partial charge is 0.477 e. The van der Waals surface area contributed by atoms with Crippen LogP contribution in [0, 0.1) is 10.1 Å². The van der Waals surface area contributed by atoms with Crippen LogP contribution in [0.3, 0.4) is 0 Å². The number of benzene rings is 2. The van der Waals surface area contributed by atoms with Gasteiger partial charge in [0.05, 0.1) is 21.9 Å². The quantitative estimate of drug-likeness (QED) is 0.442. The highest BCUT2D eigenvalue weighted by Gasteiger charge is 2.15. The molecule has 1 heterocycles. The predicted octanol–water partition coefficient (Wildman–Crippen LogP) is 4.11. The Labute approximate surface area is 169 Å². The van der Waals surface area contributed by atoms with Gasteiger partial charge < -0.3 is 19.8 Å². The molecule has 3 rings (SSSR count). The third kappa shape index (κ3) is 5.11. The second kappa shape index (κ2) is 8.89. The number of amides is 2. The van der Waals surface area contributed by atoms with Crippen molar-refractivity contribution in [2.45, 2.75) is 0 Å². The molecule has 29 heavy (non-hydrogen) atoms. The van der Waals surface area contributed by atoms with Gasteiger partial charge in [-0.05, 0) is 36.4 Å². The predicted molar refractivity (Wildman–Crippen MR) is 105 cm³/mol. The molecule has 2 N–H and O–H groups in total. The molecule has 0 saturated heterocycles.